The number of piperidine rings is 1. The standard InChI is InChI=1S/C14H23N5O2S/c1-22(20,21)17-12-5-4-8-19(10-12)14-9-13(15-11-16-14)18-6-2-3-7-18/h9,11-12,17H,2-8,10H2,1H3. The summed E-state index contributed by atoms with van der Waals surface area (Å²) in [5, 5.41) is 0. The smallest absolute Gasteiger partial charge is 0.209 e. The molecule has 0 radical (unpaired) electrons. The van der Waals surface area contributed by atoms with Gasteiger partial charge in [0.15, 0.2) is 0 Å². The van der Waals surface area contributed by atoms with Gasteiger partial charge < -0.3 is 9.80 Å². The molecule has 8 heteroatoms. The predicted octanol–water partition coefficient (Wildman–Crippen LogP) is 0.595. The van der Waals surface area contributed by atoms with E-state index in [4.69, 9.17) is 0 Å². The molecule has 1 aromatic rings. The summed E-state index contributed by atoms with van der Waals surface area (Å²) in [6, 6.07) is 1.97. The lowest BCUT2D eigenvalue weighted by Gasteiger charge is -2.33. The number of hydrogen-bond acceptors (Lipinski definition) is 6. The first-order valence-corrected chi connectivity index (χ1v) is 9.70. The largest absolute Gasteiger partial charge is 0.356 e. The molecule has 0 amide bonds. The quantitative estimate of drug-likeness (QED) is 0.873. The molecule has 2 aliphatic heterocycles. The van der Waals surface area contributed by atoms with Gasteiger partial charge >= 0.3 is 0 Å². The van der Waals surface area contributed by atoms with Crippen molar-refractivity contribution in [1.29, 1.82) is 0 Å². The fourth-order valence-electron chi connectivity index (χ4n) is 3.21. The van der Waals surface area contributed by atoms with Crippen molar-refractivity contribution in [1.82, 2.24) is 14.7 Å². The maximum absolute atomic E-state index is 11.4. The molecule has 0 bridgehead atoms. The minimum atomic E-state index is -3.17. The highest BCUT2D eigenvalue weighted by Crippen LogP contribution is 2.23. The molecule has 3 rings (SSSR count). The molecule has 0 aliphatic carbocycles. The second-order valence-electron chi connectivity index (χ2n) is 6.10. The van der Waals surface area contributed by atoms with Crippen LogP contribution in [0.4, 0.5) is 11.6 Å². The van der Waals surface area contributed by atoms with Gasteiger partial charge in [0.2, 0.25) is 10.0 Å². The van der Waals surface area contributed by atoms with Crippen molar-refractivity contribution in [2.75, 3.05) is 42.2 Å². The van der Waals surface area contributed by atoms with Crippen molar-refractivity contribution in [2.45, 2.75) is 31.7 Å². The minimum Gasteiger partial charge on any atom is -0.356 e. The molecule has 2 saturated heterocycles. The van der Waals surface area contributed by atoms with E-state index in [1.54, 1.807) is 6.33 Å². The number of anilines is 2. The van der Waals surface area contributed by atoms with Crippen molar-refractivity contribution < 1.29 is 8.42 Å². The molecular formula is C14H23N5O2S. The zero-order chi connectivity index (χ0) is 15.6. The van der Waals surface area contributed by atoms with Crippen LogP contribution in [0.2, 0.25) is 0 Å². The van der Waals surface area contributed by atoms with Crippen LogP contribution in [0.1, 0.15) is 25.7 Å². The third-order valence-corrected chi connectivity index (χ3v) is 4.96. The summed E-state index contributed by atoms with van der Waals surface area (Å²) in [6.45, 7) is 3.66. The van der Waals surface area contributed by atoms with Crippen LogP contribution < -0.4 is 14.5 Å². The van der Waals surface area contributed by atoms with Crippen molar-refractivity contribution >= 4 is 21.7 Å². The highest BCUT2D eigenvalue weighted by atomic mass is 32.2. The van der Waals surface area contributed by atoms with Gasteiger partial charge in [0.05, 0.1) is 6.26 Å². The summed E-state index contributed by atoms with van der Waals surface area (Å²) in [5.41, 5.74) is 0. The maximum Gasteiger partial charge on any atom is 0.209 e. The van der Waals surface area contributed by atoms with Crippen LogP contribution in [-0.4, -0.2) is 56.9 Å². The van der Waals surface area contributed by atoms with Crippen molar-refractivity contribution in [3.63, 3.8) is 0 Å². The Morgan fingerprint density at radius 3 is 2.41 bits per heavy atom. The van der Waals surface area contributed by atoms with Gasteiger partial charge in [0, 0.05) is 38.3 Å². The average molecular weight is 325 g/mol. The number of sulfonamides is 1. The molecule has 0 saturated carbocycles. The van der Waals surface area contributed by atoms with Gasteiger partial charge in [-0.1, -0.05) is 0 Å². The predicted molar refractivity (Wildman–Crippen MR) is 86.7 cm³/mol. The van der Waals surface area contributed by atoms with Crippen LogP contribution in [-0.2, 0) is 10.0 Å². The van der Waals surface area contributed by atoms with Gasteiger partial charge in [-0.15, -0.1) is 0 Å². The Hall–Kier alpha value is -1.41. The topological polar surface area (TPSA) is 78.4 Å². The number of nitrogens with zero attached hydrogens (tertiary/aromatic N) is 4. The van der Waals surface area contributed by atoms with E-state index < -0.39 is 10.0 Å². The van der Waals surface area contributed by atoms with Gasteiger partial charge in [-0.2, -0.15) is 0 Å². The third-order valence-electron chi connectivity index (χ3n) is 4.19. The second kappa shape index (κ2) is 6.37. The first kappa shape index (κ1) is 15.5. The van der Waals surface area contributed by atoms with E-state index in [2.05, 4.69) is 24.5 Å². The molecule has 3 heterocycles. The van der Waals surface area contributed by atoms with Crippen LogP contribution in [0.25, 0.3) is 0 Å². The Morgan fingerprint density at radius 2 is 1.73 bits per heavy atom. The highest BCUT2D eigenvalue weighted by Gasteiger charge is 2.24. The Labute approximate surface area is 131 Å². The fourth-order valence-corrected chi connectivity index (χ4v) is 4.01. The summed E-state index contributed by atoms with van der Waals surface area (Å²) >= 11 is 0. The number of hydrogen-bond donors (Lipinski definition) is 1. The molecule has 2 fully saturated rings. The van der Waals surface area contributed by atoms with E-state index >= 15 is 0 Å². The molecule has 7 nitrogen and oxygen atoms in total. The number of aromatic nitrogens is 2. The molecule has 122 valence electrons. The number of nitrogens with one attached hydrogen (secondary N) is 1. The minimum absolute atomic E-state index is 0.0473. The van der Waals surface area contributed by atoms with E-state index in [1.165, 1.54) is 19.1 Å². The second-order valence-corrected chi connectivity index (χ2v) is 7.88. The molecule has 1 unspecified atom stereocenters. The van der Waals surface area contributed by atoms with Crippen LogP contribution in [0.3, 0.4) is 0 Å². The fraction of sp³-hybridized carbons (Fsp3) is 0.714. The first-order valence-electron chi connectivity index (χ1n) is 7.80. The van der Waals surface area contributed by atoms with Gasteiger partial charge in [-0.25, -0.2) is 23.1 Å². The van der Waals surface area contributed by atoms with Gasteiger partial charge in [0.25, 0.3) is 0 Å². The highest BCUT2D eigenvalue weighted by molar-refractivity contribution is 7.88. The Kier molecular flexibility index (Phi) is 4.49. The summed E-state index contributed by atoms with van der Waals surface area (Å²) in [6.07, 6.45) is 7.06. The lowest BCUT2D eigenvalue weighted by atomic mass is 10.1. The lowest BCUT2D eigenvalue weighted by molar-refractivity contribution is 0.465. The third kappa shape index (κ3) is 3.86. The normalized spacial score (nSPS) is 23.0. The van der Waals surface area contributed by atoms with Crippen molar-refractivity contribution in [2.24, 2.45) is 0 Å². The van der Waals surface area contributed by atoms with Crippen LogP contribution in [0.5, 0.6) is 0 Å². The molecule has 0 aromatic carbocycles. The zero-order valence-electron chi connectivity index (χ0n) is 12.9. The molecule has 22 heavy (non-hydrogen) atoms. The van der Waals surface area contributed by atoms with E-state index in [0.29, 0.717) is 6.54 Å². The van der Waals surface area contributed by atoms with Gasteiger partial charge in [-0.3, -0.25) is 0 Å². The monoisotopic (exact) mass is 325 g/mol. The average Bonchev–Trinajstić information content (AvgIpc) is 3.00. The summed E-state index contributed by atoms with van der Waals surface area (Å²) in [7, 11) is -3.17. The van der Waals surface area contributed by atoms with E-state index in [-0.39, 0.29) is 6.04 Å². The Morgan fingerprint density at radius 1 is 1.09 bits per heavy atom. The first-order chi connectivity index (χ1) is 10.5. The van der Waals surface area contributed by atoms with Gasteiger partial charge in [-0.05, 0) is 25.7 Å². The summed E-state index contributed by atoms with van der Waals surface area (Å²) in [4.78, 5) is 13.2. The molecule has 0 spiro atoms. The van der Waals surface area contributed by atoms with Crippen LogP contribution in [0.15, 0.2) is 12.4 Å². The summed E-state index contributed by atoms with van der Waals surface area (Å²) < 4.78 is 25.5. The Bertz CT molecular complexity index is 615. The Balaban J connectivity index is 1.71. The molecule has 1 aromatic heterocycles. The molecule has 1 N–H and O–H groups in total. The maximum atomic E-state index is 11.4. The van der Waals surface area contributed by atoms with Crippen LogP contribution in [0, 0.1) is 0 Å². The summed E-state index contributed by atoms with van der Waals surface area (Å²) in [5.74, 6) is 1.86. The lowest BCUT2D eigenvalue weighted by Crippen LogP contribution is -2.47. The van der Waals surface area contributed by atoms with E-state index in [1.807, 2.05) is 6.07 Å². The zero-order valence-corrected chi connectivity index (χ0v) is 13.7. The molecule has 1 atom stereocenters. The van der Waals surface area contributed by atoms with E-state index in [9.17, 15) is 8.42 Å². The SMILES string of the molecule is CS(=O)(=O)NC1CCCN(c2cc(N3CCCC3)ncn2)C1. The van der Waals surface area contributed by atoms with Crippen molar-refractivity contribution in [3.05, 3.63) is 12.4 Å². The number of rotatable bonds is 4. The van der Waals surface area contributed by atoms with Crippen molar-refractivity contribution in [3.8, 4) is 0 Å². The molecule has 2 aliphatic rings. The molecular weight excluding hydrogens is 302 g/mol. The van der Waals surface area contributed by atoms with E-state index in [0.717, 1.165) is 44.1 Å². The van der Waals surface area contributed by atoms with Gasteiger partial charge in [0.1, 0.15) is 18.0 Å². The van der Waals surface area contributed by atoms with Crippen LogP contribution >= 0.6 is 0 Å².